The van der Waals surface area contributed by atoms with E-state index < -0.39 is 0 Å². The van der Waals surface area contributed by atoms with Gasteiger partial charge in [-0.25, -0.2) is 0 Å². The Bertz CT molecular complexity index is 823. The predicted molar refractivity (Wildman–Crippen MR) is 114 cm³/mol. The molecule has 0 radical (unpaired) electrons. The molecule has 0 saturated carbocycles. The molecule has 6 heteroatoms. The van der Waals surface area contributed by atoms with Gasteiger partial charge in [-0.3, -0.25) is 4.68 Å². The van der Waals surface area contributed by atoms with E-state index in [2.05, 4.69) is 96.0 Å². The van der Waals surface area contributed by atoms with Crippen molar-refractivity contribution >= 4 is 0 Å². The average Bonchev–Trinajstić information content (AvgIpc) is 3.08. The van der Waals surface area contributed by atoms with Crippen molar-refractivity contribution in [3.05, 3.63) is 29.1 Å². The van der Waals surface area contributed by atoms with Crippen LogP contribution >= 0.6 is 0 Å². The number of hydrogen-bond donors (Lipinski definition) is 1. The second-order valence-electron chi connectivity index (χ2n) is 11.5. The van der Waals surface area contributed by atoms with Gasteiger partial charge >= 0.3 is 0 Å². The van der Waals surface area contributed by atoms with Gasteiger partial charge in [-0.2, -0.15) is 5.10 Å². The summed E-state index contributed by atoms with van der Waals surface area (Å²) in [5.74, 6) is 1.99. The summed E-state index contributed by atoms with van der Waals surface area (Å²) < 4.78 is 4.33. The second-order valence-corrected chi connectivity index (χ2v) is 11.5. The third-order valence-electron chi connectivity index (χ3n) is 4.92. The molecule has 0 aromatic carbocycles. The topological polar surface area (TPSA) is 68.8 Å². The fraction of sp³-hybridized carbons (Fsp3) is 0.773. The van der Waals surface area contributed by atoms with Crippen LogP contribution < -0.4 is 0 Å². The number of aromatic nitrogens is 5. The smallest absolute Gasteiger partial charge is 0.138 e. The Balaban J connectivity index is 2.57. The zero-order chi connectivity index (χ0) is 21.7. The highest BCUT2D eigenvalue weighted by molar-refractivity contribution is 5.23. The van der Waals surface area contributed by atoms with E-state index in [0.29, 0.717) is 5.69 Å². The summed E-state index contributed by atoms with van der Waals surface area (Å²) in [5.41, 5.74) is 1.21. The first-order valence-corrected chi connectivity index (χ1v) is 10.1. The Hall–Kier alpha value is -1.69. The summed E-state index contributed by atoms with van der Waals surface area (Å²) >= 11 is 0. The van der Waals surface area contributed by atoms with Crippen LogP contribution in [0.2, 0.25) is 0 Å². The molecule has 0 amide bonds. The molecular formula is C22H39N5O. The molecule has 0 aliphatic rings. The van der Waals surface area contributed by atoms with Crippen molar-refractivity contribution in [2.75, 3.05) is 0 Å². The van der Waals surface area contributed by atoms with Crippen LogP contribution in [0.1, 0.15) is 99.2 Å². The van der Waals surface area contributed by atoms with Gasteiger partial charge in [-0.1, -0.05) is 34.6 Å². The van der Waals surface area contributed by atoms with E-state index in [1.54, 1.807) is 0 Å². The van der Waals surface area contributed by atoms with Crippen molar-refractivity contribution in [1.29, 1.82) is 0 Å². The van der Waals surface area contributed by atoms with Crippen LogP contribution in [0.4, 0.5) is 0 Å². The molecule has 28 heavy (non-hydrogen) atoms. The first kappa shape index (κ1) is 22.6. The van der Waals surface area contributed by atoms with Gasteiger partial charge in [0.15, 0.2) is 0 Å². The highest BCUT2D eigenvalue weighted by atomic mass is 16.3. The average molecular weight is 390 g/mol. The molecule has 0 spiro atoms. The Morgan fingerprint density at radius 2 is 1.43 bits per heavy atom. The summed E-state index contributed by atoms with van der Waals surface area (Å²) in [7, 11) is 0. The maximum absolute atomic E-state index is 9.64. The highest BCUT2D eigenvalue weighted by Gasteiger charge is 2.35. The van der Waals surface area contributed by atoms with Gasteiger partial charge < -0.3 is 9.67 Å². The van der Waals surface area contributed by atoms with E-state index in [0.717, 1.165) is 23.8 Å². The summed E-state index contributed by atoms with van der Waals surface area (Å²) in [5, 5.41) is 23.5. The lowest BCUT2D eigenvalue weighted by molar-refractivity contribution is 0.267. The normalized spacial score (nSPS) is 14.0. The van der Waals surface area contributed by atoms with Crippen molar-refractivity contribution < 1.29 is 5.11 Å². The number of rotatable bonds is 4. The maximum Gasteiger partial charge on any atom is 0.138 e. The quantitative estimate of drug-likeness (QED) is 0.847. The number of nitrogens with zero attached hydrogens (tertiary/aromatic N) is 5. The molecule has 2 heterocycles. The van der Waals surface area contributed by atoms with Gasteiger partial charge in [0.25, 0.3) is 0 Å². The van der Waals surface area contributed by atoms with Crippen molar-refractivity contribution in [2.45, 2.75) is 111 Å². The fourth-order valence-electron chi connectivity index (χ4n) is 3.61. The Kier molecular flexibility index (Phi) is 5.63. The molecule has 0 fully saturated rings. The molecule has 0 atom stereocenters. The Morgan fingerprint density at radius 1 is 0.857 bits per heavy atom. The second kappa shape index (κ2) is 6.97. The van der Waals surface area contributed by atoms with E-state index in [1.165, 1.54) is 0 Å². The van der Waals surface area contributed by atoms with Crippen molar-refractivity contribution in [3.8, 4) is 0 Å². The van der Waals surface area contributed by atoms with Crippen LogP contribution in [0.5, 0.6) is 0 Å². The van der Waals surface area contributed by atoms with Crippen molar-refractivity contribution in [2.24, 2.45) is 0 Å². The number of aliphatic hydroxyl groups excluding tert-OH is 1. The number of hydrogen-bond acceptors (Lipinski definition) is 4. The summed E-state index contributed by atoms with van der Waals surface area (Å²) in [4.78, 5) is 0. The third-order valence-corrected chi connectivity index (χ3v) is 4.92. The van der Waals surface area contributed by atoms with E-state index >= 15 is 0 Å². The van der Waals surface area contributed by atoms with Crippen LogP contribution in [-0.4, -0.2) is 29.7 Å². The highest BCUT2D eigenvalue weighted by Crippen LogP contribution is 2.34. The molecule has 2 aromatic rings. The molecule has 0 saturated heterocycles. The molecule has 6 nitrogen and oxygen atoms in total. The minimum absolute atomic E-state index is 0.0570. The van der Waals surface area contributed by atoms with Crippen molar-refractivity contribution in [3.63, 3.8) is 0 Å². The van der Waals surface area contributed by atoms with Gasteiger partial charge in [0, 0.05) is 28.5 Å². The van der Waals surface area contributed by atoms with Gasteiger partial charge in [0.05, 0.1) is 17.8 Å². The first-order chi connectivity index (χ1) is 12.5. The summed E-state index contributed by atoms with van der Waals surface area (Å²) in [6.07, 6.45) is 0.736. The van der Waals surface area contributed by atoms with E-state index in [1.807, 2.05) is 10.7 Å². The predicted octanol–water partition coefficient (Wildman–Crippen LogP) is 4.29. The van der Waals surface area contributed by atoms with Crippen LogP contribution in [0.25, 0.3) is 0 Å². The van der Waals surface area contributed by atoms with Crippen LogP contribution in [0.15, 0.2) is 6.07 Å². The number of aliphatic hydroxyl groups is 1. The van der Waals surface area contributed by atoms with Gasteiger partial charge in [0.1, 0.15) is 11.6 Å². The van der Waals surface area contributed by atoms with Crippen LogP contribution in [0, 0.1) is 0 Å². The van der Waals surface area contributed by atoms with E-state index in [9.17, 15) is 5.11 Å². The molecule has 0 aliphatic carbocycles. The fourth-order valence-corrected chi connectivity index (χ4v) is 3.61. The standard InChI is InChI=1S/C22H39N5O/c1-19(2,3)18-24-23-17(26(18)20(4,5)6)13-22(10,11)16-12-15(14-28)25-27(16)21(7,8)9/h12,28H,13-14H2,1-11H3. The monoisotopic (exact) mass is 389 g/mol. The van der Waals surface area contributed by atoms with E-state index in [-0.39, 0.29) is 28.5 Å². The van der Waals surface area contributed by atoms with Crippen molar-refractivity contribution in [1.82, 2.24) is 24.5 Å². The summed E-state index contributed by atoms with van der Waals surface area (Å²) in [6.45, 7) is 23.9. The molecule has 0 aliphatic heterocycles. The largest absolute Gasteiger partial charge is 0.390 e. The van der Waals surface area contributed by atoms with E-state index in [4.69, 9.17) is 0 Å². The van der Waals surface area contributed by atoms with Gasteiger partial charge in [0.2, 0.25) is 0 Å². The van der Waals surface area contributed by atoms with Gasteiger partial charge in [-0.15, -0.1) is 10.2 Å². The molecular weight excluding hydrogens is 350 g/mol. The molecule has 1 N–H and O–H groups in total. The molecule has 2 rings (SSSR count). The zero-order valence-electron chi connectivity index (χ0n) is 19.7. The summed E-state index contributed by atoms with van der Waals surface area (Å²) in [6, 6.07) is 2.02. The maximum atomic E-state index is 9.64. The SMILES string of the molecule is CC(C)(C)c1nnc(CC(C)(C)c2cc(CO)nn2C(C)(C)C)n1C(C)(C)C. The molecule has 2 aromatic heterocycles. The Morgan fingerprint density at radius 3 is 1.86 bits per heavy atom. The lowest BCUT2D eigenvalue weighted by atomic mass is 9.83. The minimum Gasteiger partial charge on any atom is -0.390 e. The zero-order valence-corrected chi connectivity index (χ0v) is 19.7. The van der Waals surface area contributed by atoms with Crippen LogP contribution in [-0.2, 0) is 34.9 Å². The lowest BCUT2D eigenvalue weighted by Crippen LogP contribution is -2.35. The minimum atomic E-state index is -0.223. The Labute approximate surface area is 170 Å². The van der Waals surface area contributed by atoms with Crippen LogP contribution in [0.3, 0.4) is 0 Å². The lowest BCUT2D eigenvalue weighted by Gasteiger charge is -2.33. The van der Waals surface area contributed by atoms with Gasteiger partial charge in [-0.05, 0) is 47.6 Å². The third kappa shape index (κ3) is 4.48. The molecule has 158 valence electrons. The molecule has 0 bridgehead atoms. The molecule has 0 unspecified atom stereocenters. The first-order valence-electron chi connectivity index (χ1n) is 10.1.